The van der Waals surface area contributed by atoms with Crippen LogP contribution in [0.5, 0.6) is 0 Å². The molecule has 0 aliphatic carbocycles. The SMILES string of the molecule is CC1CC(C)CN(S(=O)(=O)NCCCN2CCNCC2)C1. The Balaban J connectivity index is 1.70. The largest absolute Gasteiger partial charge is 0.314 e. The third kappa shape index (κ3) is 5.49. The highest BCUT2D eigenvalue weighted by Crippen LogP contribution is 2.22. The van der Waals surface area contributed by atoms with Crippen molar-refractivity contribution in [2.45, 2.75) is 26.7 Å². The Morgan fingerprint density at radius 2 is 1.76 bits per heavy atom. The van der Waals surface area contributed by atoms with Gasteiger partial charge in [0, 0.05) is 45.8 Å². The third-order valence-corrected chi connectivity index (χ3v) is 5.87. The van der Waals surface area contributed by atoms with E-state index < -0.39 is 10.2 Å². The smallest absolute Gasteiger partial charge is 0.279 e. The van der Waals surface area contributed by atoms with Gasteiger partial charge in [0.05, 0.1) is 0 Å². The maximum Gasteiger partial charge on any atom is 0.279 e. The van der Waals surface area contributed by atoms with Crippen LogP contribution in [-0.2, 0) is 10.2 Å². The molecule has 0 saturated carbocycles. The van der Waals surface area contributed by atoms with Crippen molar-refractivity contribution in [3.8, 4) is 0 Å². The van der Waals surface area contributed by atoms with Gasteiger partial charge in [-0.25, -0.2) is 4.72 Å². The minimum absolute atomic E-state index is 0.450. The van der Waals surface area contributed by atoms with Crippen molar-refractivity contribution in [1.29, 1.82) is 0 Å². The average molecular weight is 318 g/mol. The number of piperazine rings is 1. The molecule has 2 heterocycles. The summed E-state index contributed by atoms with van der Waals surface area (Å²) in [7, 11) is -3.30. The summed E-state index contributed by atoms with van der Waals surface area (Å²) >= 11 is 0. The van der Waals surface area contributed by atoms with Gasteiger partial charge in [0.2, 0.25) is 0 Å². The van der Waals surface area contributed by atoms with Crippen LogP contribution >= 0.6 is 0 Å². The molecule has 2 fully saturated rings. The van der Waals surface area contributed by atoms with E-state index in [0.717, 1.165) is 45.6 Å². The first-order valence-corrected chi connectivity index (χ1v) is 9.59. The van der Waals surface area contributed by atoms with Crippen molar-refractivity contribution in [3.05, 3.63) is 0 Å². The normalized spacial score (nSPS) is 29.6. The van der Waals surface area contributed by atoms with Crippen molar-refractivity contribution in [2.24, 2.45) is 11.8 Å². The first-order valence-electron chi connectivity index (χ1n) is 8.15. The summed E-state index contributed by atoms with van der Waals surface area (Å²) in [6.07, 6.45) is 1.99. The second-order valence-electron chi connectivity index (χ2n) is 6.61. The Kier molecular flexibility index (Phi) is 6.43. The van der Waals surface area contributed by atoms with E-state index in [1.807, 2.05) is 0 Å². The maximum absolute atomic E-state index is 12.3. The standard InChI is InChI=1S/C14H30N4O2S/c1-13-10-14(2)12-18(11-13)21(19,20)16-4-3-7-17-8-5-15-6-9-17/h13-16H,3-12H2,1-2H3. The molecule has 2 unspecified atom stereocenters. The van der Waals surface area contributed by atoms with Crippen molar-refractivity contribution >= 4 is 10.2 Å². The van der Waals surface area contributed by atoms with E-state index in [0.29, 0.717) is 31.5 Å². The molecule has 124 valence electrons. The Labute approximate surface area is 129 Å². The number of nitrogens with zero attached hydrogens (tertiary/aromatic N) is 2. The van der Waals surface area contributed by atoms with Crippen LogP contribution < -0.4 is 10.0 Å². The summed E-state index contributed by atoms with van der Waals surface area (Å²) in [5.41, 5.74) is 0. The summed E-state index contributed by atoms with van der Waals surface area (Å²) < 4.78 is 29.0. The van der Waals surface area contributed by atoms with Gasteiger partial charge in [-0.2, -0.15) is 12.7 Å². The molecule has 7 heteroatoms. The zero-order valence-electron chi connectivity index (χ0n) is 13.3. The van der Waals surface area contributed by atoms with Gasteiger partial charge in [-0.1, -0.05) is 13.8 Å². The van der Waals surface area contributed by atoms with E-state index >= 15 is 0 Å². The van der Waals surface area contributed by atoms with Crippen LogP contribution in [0.25, 0.3) is 0 Å². The highest BCUT2D eigenvalue weighted by atomic mass is 32.2. The molecule has 0 aromatic rings. The van der Waals surface area contributed by atoms with Gasteiger partial charge in [-0.15, -0.1) is 0 Å². The van der Waals surface area contributed by atoms with Gasteiger partial charge in [0.1, 0.15) is 0 Å². The highest BCUT2D eigenvalue weighted by molar-refractivity contribution is 7.87. The fraction of sp³-hybridized carbons (Fsp3) is 1.00. The molecule has 2 rings (SSSR count). The molecule has 0 aromatic heterocycles. The van der Waals surface area contributed by atoms with Crippen LogP contribution in [0.4, 0.5) is 0 Å². The summed E-state index contributed by atoms with van der Waals surface area (Å²) in [4.78, 5) is 2.38. The summed E-state index contributed by atoms with van der Waals surface area (Å²) in [5.74, 6) is 0.900. The molecule has 2 saturated heterocycles. The van der Waals surface area contributed by atoms with Gasteiger partial charge in [-0.3, -0.25) is 0 Å². The fourth-order valence-corrected chi connectivity index (χ4v) is 4.82. The van der Waals surface area contributed by atoms with Crippen LogP contribution in [0.1, 0.15) is 26.7 Å². The maximum atomic E-state index is 12.3. The van der Waals surface area contributed by atoms with Gasteiger partial charge >= 0.3 is 0 Å². The van der Waals surface area contributed by atoms with Crippen LogP contribution in [0.2, 0.25) is 0 Å². The van der Waals surface area contributed by atoms with E-state index in [1.165, 1.54) is 0 Å². The van der Waals surface area contributed by atoms with Crippen LogP contribution in [0.3, 0.4) is 0 Å². The van der Waals surface area contributed by atoms with Gasteiger partial charge in [-0.05, 0) is 31.2 Å². The quantitative estimate of drug-likeness (QED) is 0.682. The zero-order chi connectivity index (χ0) is 15.3. The minimum Gasteiger partial charge on any atom is -0.314 e. The van der Waals surface area contributed by atoms with Gasteiger partial charge in [0.15, 0.2) is 0 Å². The molecule has 0 spiro atoms. The van der Waals surface area contributed by atoms with Crippen molar-refractivity contribution < 1.29 is 8.42 Å². The molecule has 2 atom stereocenters. The topological polar surface area (TPSA) is 64.7 Å². The summed E-state index contributed by atoms with van der Waals surface area (Å²) in [6.45, 7) is 11.3. The van der Waals surface area contributed by atoms with Crippen LogP contribution in [0.15, 0.2) is 0 Å². The molecule has 0 bridgehead atoms. The minimum atomic E-state index is -3.30. The van der Waals surface area contributed by atoms with Gasteiger partial charge in [0.25, 0.3) is 10.2 Å². The molecule has 6 nitrogen and oxygen atoms in total. The number of piperidine rings is 1. The van der Waals surface area contributed by atoms with Crippen molar-refractivity contribution in [3.63, 3.8) is 0 Å². The second kappa shape index (κ2) is 7.87. The Morgan fingerprint density at radius 3 is 2.38 bits per heavy atom. The molecule has 2 aliphatic heterocycles. The average Bonchev–Trinajstić information content (AvgIpc) is 2.44. The molecular formula is C14H30N4O2S. The van der Waals surface area contributed by atoms with E-state index in [2.05, 4.69) is 28.8 Å². The van der Waals surface area contributed by atoms with Crippen molar-refractivity contribution in [2.75, 3.05) is 52.4 Å². The molecule has 2 aliphatic rings. The zero-order valence-corrected chi connectivity index (χ0v) is 14.2. The molecule has 0 radical (unpaired) electrons. The lowest BCUT2D eigenvalue weighted by molar-refractivity contribution is 0.219. The van der Waals surface area contributed by atoms with Crippen LogP contribution in [-0.4, -0.2) is 70.0 Å². The predicted molar refractivity (Wildman–Crippen MR) is 85.4 cm³/mol. The highest BCUT2D eigenvalue weighted by Gasteiger charge is 2.29. The number of hydrogen-bond acceptors (Lipinski definition) is 4. The summed E-state index contributed by atoms with van der Waals surface area (Å²) in [6, 6.07) is 0. The third-order valence-electron chi connectivity index (χ3n) is 4.32. The van der Waals surface area contributed by atoms with E-state index in [-0.39, 0.29) is 0 Å². The number of rotatable bonds is 6. The second-order valence-corrected chi connectivity index (χ2v) is 8.36. The lowest BCUT2D eigenvalue weighted by Crippen LogP contribution is -2.48. The number of hydrogen-bond donors (Lipinski definition) is 2. The lowest BCUT2D eigenvalue weighted by atomic mass is 9.94. The Morgan fingerprint density at radius 1 is 1.14 bits per heavy atom. The summed E-state index contributed by atoms with van der Waals surface area (Å²) in [5, 5.41) is 3.32. The molecule has 0 amide bonds. The van der Waals surface area contributed by atoms with E-state index in [9.17, 15) is 8.42 Å². The van der Waals surface area contributed by atoms with E-state index in [1.54, 1.807) is 4.31 Å². The first-order chi connectivity index (χ1) is 9.97. The fourth-order valence-electron chi connectivity index (χ4n) is 3.33. The monoisotopic (exact) mass is 318 g/mol. The Hall–Kier alpha value is -0.210. The van der Waals surface area contributed by atoms with Gasteiger partial charge < -0.3 is 10.2 Å². The first kappa shape index (κ1) is 17.1. The molecular weight excluding hydrogens is 288 g/mol. The molecule has 0 aromatic carbocycles. The molecule has 21 heavy (non-hydrogen) atoms. The van der Waals surface area contributed by atoms with Crippen molar-refractivity contribution in [1.82, 2.24) is 19.2 Å². The van der Waals surface area contributed by atoms with Crippen LogP contribution in [0, 0.1) is 11.8 Å². The lowest BCUT2D eigenvalue weighted by Gasteiger charge is -2.34. The molecule has 2 N–H and O–H groups in total. The predicted octanol–water partition coefficient (Wildman–Crippen LogP) is 0.0940. The Bertz CT molecular complexity index is 399. The number of nitrogens with one attached hydrogen (secondary N) is 2. The van der Waals surface area contributed by atoms with E-state index in [4.69, 9.17) is 0 Å².